The number of aromatic hydroxyl groups is 1. The molecule has 5 heteroatoms. The monoisotopic (exact) mass is 285 g/mol. The number of carboxylic acid groups (broad SMARTS) is 1. The van der Waals surface area contributed by atoms with Gasteiger partial charge in [-0.15, -0.1) is 0 Å². The summed E-state index contributed by atoms with van der Waals surface area (Å²) in [5.74, 6) is -2.22. The van der Waals surface area contributed by atoms with Gasteiger partial charge in [0.1, 0.15) is 5.75 Å². The van der Waals surface area contributed by atoms with Crippen molar-refractivity contribution >= 4 is 17.6 Å². The van der Waals surface area contributed by atoms with Crippen LogP contribution in [0.4, 0.5) is 5.69 Å². The van der Waals surface area contributed by atoms with Crippen LogP contribution in [0.25, 0.3) is 0 Å². The molecule has 0 fully saturated rings. The van der Waals surface area contributed by atoms with Crippen molar-refractivity contribution < 1.29 is 19.8 Å². The average Bonchev–Trinajstić information content (AvgIpc) is 2.48. The average molecular weight is 285 g/mol. The SMILES string of the molecule is O=C(C[C@@H](C(=O)O)c1ccccc1)Nc1ccc(O)cc1. The molecular formula is C16H15NO4. The first-order chi connectivity index (χ1) is 10.1. The molecule has 1 amide bonds. The lowest BCUT2D eigenvalue weighted by Crippen LogP contribution is -2.20. The zero-order valence-electron chi connectivity index (χ0n) is 11.2. The first-order valence-corrected chi connectivity index (χ1v) is 6.43. The Morgan fingerprint density at radius 1 is 1.00 bits per heavy atom. The Kier molecular flexibility index (Phi) is 4.56. The summed E-state index contributed by atoms with van der Waals surface area (Å²) in [6.07, 6.45) is -0.153. The smallest absolute Gasteiger partial charge is 0.311 e. The number of benzene rings is 2. The third-order valence-electron chi connectivity index (χ3n) is 3.04. The summed E-state index contributed by atoms with van der Waals surface area (Å²) in [5.41, 5.74) is 1.10. The van der Waals surface area contributed by atoms with Gasteiger partial charge in [-0.1, -0.05) is 30.3 Å². The fraction of sp³-hybridized carbons (Fsp3) is 0.125. The van der Waals surface area contributed by atoms with Crippen LogP contribution in [0.1, 0.15) is 17.9 Å². The number of phenolic OH excluding ortho intramolecular Hbond substituents is 1. The van der Waals surface area contributed by atoms with E-state index in [0.717, 1.165) is 0 Å². The number of hydrogen-bond donors (Lipinski definition) is 3. The fourth-order valence-electron chi connectivity index (χ4n) is 1.98. The molecule has 2 rings (SSSR count). The molecule has 0 unspecified atom stereocenters. The molecule has 0 saturated carbocycles. The Morgan fingerprint density at radius 3 is 2.19 bits per heavy atom. The van der Waals surface area contributed by atoms with Crippen LogP contribution in [0.2, 0.25) is 0 Å². The maximum Gasteiger partial charge on any atom is 0.311 e. The van der Waals surface area contributed by atoms with Gasteiger partial charge in [-0.25, -0.2) is 0 Å². The number of rotatable bonds is 5. The highest BCUT2D eigenvalue weighted by molar-refractivity contribution is 5.94. The Hall–Kier alpha value is -2.82. The van der Waals surface area contributed by atoms with E-state index in [-0.39, 0.29) is 12.2 Å². The van der Waals surface area contributed by atoms with E-state index in [1.807, 2.05) is 0 Å². The van der Waals surface area contributed by atoms with Crippen LogP contribution in [-0.2, 0) is 9.59 Å². The van der Waals surface area contributed by atoms with Crippen LogP contribution < -0.4 is 5.32 Å². The Labute approximate surface area is 121 Å². The van der Waals surface area contributed by atoms with E-state index in [2.05, 4.69) is 5.32 Å². The standard InChI is InChI=1S/C16H15NO4/c18-13-8-6-12(7-9-13)17-15(19)10-14(16(20)21)11-4-2-1-3-5-11/h1-9,14,18H,10H2,(H,17,19)(H,20,21)/t14-/m1/s1. The van der Waals surface area contributed by atoms with Crippen molar-refractivity contribution in [1.82, 2.24) is 0 Å². The van der Waals surface area contributed by atoms with E-state index in [0.29, 0.717) is 11.3 Å². The normalized spacial score (nSPS) is 11.6. The van der Waals surface area contributed by atoms with E-state index in [1.54, 1.807) is 42.5 Å². The van der Waals surface area contributed by atoms with Crippen LogP contribution in [-0.4, -0.2) is 22.1 Å². The van der Waals surface area contributed by atoms with Crippen LogP contribution in [0.3, 0.4) is 0 Å². The molecule has 2 aromatic carbocycles. The summed E-state index contributed by atoms with van der Waals surface area (Å²) in [4.78, 5) is 23.3. The van der Waals surface area contributed by atoms with Crippen LogP contribution in [0, 0.1) is 0 Å². The fourth-order valence-corrected chi connectivity index (χ4v) is 1.98. The first kappa shape index (κ1) is 14.6. The zero-order chi connectivity index (χ0) is 15.2. The van der Waals surface area contributed by atoms with Gasteiger partial charge >= 0.3 is 5.97 Å². The summed E-state index contributed by atoms with van der Waals surface area (Å²) in [5, 5.41) is 21.0. The largest absolute Gasteiger partial charge is 0.508 e. The number of phenols is 1. The minimum atomic E-state index is -1.04. The van der Waals surface area contributed by atoms with Gasteiger partial charge in [-0.05, 0) is 29.8 Å². The van der Waals surface area contributed by atoms with Crippen molar-refractivity contribution in [2.24, 2.45) is 0 Å². The van der Waals surface area contributed by atoms with Crippen LogP contribution in [0.5, 0.6) is 5.75 Å². The highest BCUT2D eigenvalue weighted by atomic mass is 16.4. The van der Waals surface area contributed by atoms with E-state index in [4.69, 9.17) is 5.11 Å². The molecule has 21 heavy (non-hydrogen) atoms. The van der Waals surface area contributed by atoms with Crippen molar-refractivity contribution in [1.29, 1.82) is 0 Å². The minimum Gasteiger partial charge on any atom is -0.508 e. The summed E-state index contributed by atoms with van der Waals surface area (Å²) in [6, 6.07) is 14.6. The second-order valence-corrected chi connectivity index (χ2v) is 4.60. The maximum absolute atomic E-state index is 11.9. The number of carbonyl (C=O) groups excluding carboxylic acids is 1. The van der Waals surface area contributed by atoms with E-state index >= 15 is 0 Å². The third kappa shape index (κ3) is 4.07. The Bertz CT molecular complexity index is 622. The number of hydrogen-bond acceptors (Lipinski definition) is 3. The molecule has 0 saturated heterocycles. The van der Waals surface area contributed by atoms with Gasteiger partial charge in [0.2, 0.25) is 5.91 Å². The highest BCUT2D eigenvalue weighted by Crippen LogP contribution is 2.21. The van der Waals surface area contributed by atoms with Crippen molar-refractivity contribution in [2.45, 2.75) is 12.3 Å². The molecular weight excluding hydrogens is 270 g/mol. The van der Waals surface area contributed by atoms with Crippen molar-refractivity contribution in [3.63, 3.8) is 0 Å². The van der Waals surface area contributed by atoms with Gasteiger partial charge in [0.15, 0.2) is 0 Å². The number of carboxylic acids is 1. The topological polar surface area (TPSA) is 86.6 Å². The number of amides is 1. The summed E-state index contributed by atoms with van der Waals surface area (Å²) < 4.78 is 0. The van der Waals surface area contributed by atoms with Crippen LogP contribution in [0.15, 0.2) is 54.6 Å². The first-order valence-electron chi connectivity index (χ1n) is 6.43. The molecule has 108 valence electrons. The lowest BCUT2D eigenvalue weighted by Gasteiger charge is -2.12. The predicted octanol–water partition coefficient (Wildman–Crippen LogP) is 2.59. The van der Waals surface area contributed by atoms with Gasteiger partial charge in [0, 0.05) is 12.1 Å². The summed E-state index contributed by atoms with van der Waals surface area (Å²) >= 11 is 0. The zero-order valence-corrected chi connectivity index (χ0v) is 11.2. The van der Waals surface area contributed by atoms with E-state index < -0.39 is 17.8 Å². The van der Waals surface area contributed by atoms with Gasteiger partial charge < -0.3 is 15.5 Å². The summed E-state index contributed by atoms with van der Waals surface area (Å²) in [6.45, 7) is 0. The van der Waals surface area contributed by atoms with E-state index in [9.17, 15) is 14.7 Å². The maximum atomic E-state index is 11.9. The van der Waals surface area contributed by atoms with Crippen molar-refractivity contribution in [3.8, 4) is 5.75 Å². The molecule has 0 spiro atoms. The molecule has 2 aromatic rings. The molecule has 0 bridgehead atoms. The van der Waals surface area contributed by atoms with Crippen LogP contribution >= 0.6 is 0 Å². The number of anilines is 1. The minimum absolute atomic E-state index is 0.0979. The predicted molar refractivity (Wildman–Crippen MR) is 78.2 cm³/mol. The van der Waals surface area contributed by atoms with Gasteiger partial charge in [-0.2, -0.15) is 0 Å². The molecule has 0 aromatic heterocycles. The van der Waals surface area contributed by atoms with Crippen molar-refractivity contribution in [3.05, 3.63) is 60.2 Å². The molecule has 1 atom stereocenters. The third-order valence-corrected chi connectivity index (χ3v) is 3.04. The lowest BCUT2D eigenvalue weighted by atomic mass is 9.95. The lowest BCUT2D eigenvalue weighted by molar-refractivity contribution is -0.140. The second kappa shape index (κ2) is 6.56. The van der Waals surface area contributed by atoms with Gasteiger partial charge in [-0.3, -0.25) is 9.59 Å². The molecule has 0 aliphatic carbocycles. The van der Waals surface area contributed by atoms with Gasteiger partial charge in [0.05, 0.1) is 5.92 Å². The molecule has 0 aliphatic rings. The number of carbonyl (C=O) groups is 2. The second-order valence-electron chi connectivity index (χ2n) is 4.60. The Morgan fingerprint density at radius 2 is 1.62 bits per heavy atom. The molecule has 3 N–H and O–H groups in total. The van der Waals surface area contributed by atoms with E-state index in [1.165, 1.54) is 12.1 Å². The highest BCUT2D eigenvalue weighted by Gasteiger charge is 2.23. The molecule has 5 nitrogen and oxygen atoms in total. The van der Waals surface area contributed by atoms with Gasteiger partial charge in [0.25, 0.3) is 0 Å². The Balaban J connectivity index is 2.05. The molecule has 0 radical (unpaired) electrons. The number of aliphatic carboxylic acids is 1. The summed E-state index contributed by atoms with van der Waals surface area (Å²) in [7, 11) is 0. The van der Waals surface area contributed by atoms with Crippen molar-refractivity contribution in [2.75, 3.05) is 5.32 Å². The molecule has 0 heterocycles. The number of nitrogens with one attached hydrogen (secondary N) is 1. The molecule has 0 aliphatic heterocycles. The quantitative estimate of drug-likeness (QED) is 0.737.